The van der Waals surface area contributed by atoms with Crippen molar-refractivity contribution in [1.82, 2.24) is 15.3 Å². The van der Waals surface area contributed by atoms with E-state index in [0.717, 1.165) is 24.2 Å². The summed E-state index contributed by atoms with van der Waals surface area (Å²) < 4.78 is 0. The van der Waals surface area contributed by atoms with Gasteiger partial charge in [0.05, 0.1) is 11.3 Å². The highest BCUT2D eigenvalue weighted by molar-refractivity contribution is 5.32. The number of H-pyrrole nitrogens is 1. The molecule has 2 aliphatic rings. The molecule has 0 bridgehead atoms. The second-order valence-electron chi connectivity index (χ2n) is 4.54. The first-order chi connectivity index (χ1) is 7.83. The molecular weight excluding hydrogens is 204 g/mol. The molecule has 0 saturated heterocycles. The van der Waals surface area contributed by atoms with Gasteiger partial charge >= 0.3 is 0 Å². The van der Waals surface area contributed by atoms with E-state index in [2.05, 4.69) is 20.6 Å². The Morgan fingerprint density at radius 2 is 2.25 bits per heavy atom. The second-order valence-corrected chi connectivity index (χ2v) is 4.54. The van der Waals surface area contributed by atoms with E-state index in [1.807, 2.05) is 0 Å². The van der Waals surface area contributed by atoms with E-state index >= 15 is 0 Å². The maximum absolute atomic E-state index is 11.8. The molecule has 5 heteroatoms. The van der Waals surface area contributed by atoms with Gasteiger partial charge in [-0.2, -0.15) is 0 Å². The highest BCUT2D eigenvalue weighted by Crippen LogP contribution is 2.21. The molecule has 0 aromatic carbocycles. The molecule has 5 nitrogen and oxygen atoms in total. The molecule has 1 aliphatic heterocycles. The highest BCUT2D eigenvalue weighted by Gasteiger charge is 2.20. The molecule has 16 heavy (non-hydrogen) atoms. The summed E-state index contributed by atoms with van der Waals surface area (Å²) in [5.41, 5.74) is 1.74. The van der Waals surface area contributed by atoms with Crippen LogP contribution in [-0.2, 0) is 13.0 Å². The number of fused-ring (bicyclic) bond motifs is 1. The minimum absolute atomic E-state index is 0.000904. The number of hydrogen-bond donors (Lipinski definition) is 3. The van der Waals surface area contributed by atoms with Gasteiger partial charge in [0, 0.05) is 25.6 Å². The van der Waals surface area contributed by atoms with Crippen molar-refractivity contribution in [2.24, 2.45) is 0 Å². The highest BCUT2D eigenvalue weighted by atomic mass is 16.1. The molecule has 0 atom stereocenters. The third-order valence-electron chi connectivity index (χ3n) is 3.39. The first-order valence-corrected chi connectivity index (χ1v) is 5.92. The molecule has 3 rings (SSSR count). The molecule has 1 saturated carbocycles. The fraction of sp³-hybridized carbons (Fsp3) is 0.636. The molecule has 3 N–H and O–H groups in total. The van der Waals surface area contributed by atoms with Crippen molar-refractivity contribution in [2.75, 3.05) is 11.9 Å². The van der Waals surface area contributed by atoms with Crippen molar-refractivity contribution in [3.05, 3.63) is 21.6 Å². The van der Waals surface area contributed by atoms with Crippen LogP contribution < -0.4 is 16.2 Å². The Hall–Kier alpha value is -1.36. The minimum atomic E-state index is -0.000904. The topological polar surface area (TPSA) is 69.8 Å². The molecule has 0 unspecified atom stereocenters. The maximum Gasteiger partial charge on any atom is 0.257 e. The van der Waals surface area contributed by atoms with Gasteiger partial charge in [0.1, 0.15) is 0 Å². The number of rotatable bonds is 2. The molecule has 0 spiro atoms. The third kappa shape index (κ3) is 1.71. The Kier molecular flexibility index (Phi) is 2.40. The zero-order chi connectivity index (χ0) is 11.0. The molecule has 1 aromatic heterocycles. The standard InChI is InChI=1S/C11H16N4O/c16-10-8-6-12-5-4-9(8)14-11(15-10)13-7-2-1-3-7/h7,12H,1-6H2,(H2,13,14,15,16). The summed E-state index contributed by atoms with van der Waals surface area (Å²) in [5, 5.41) is 6.47. The SMILES string of the molecule is O=c1[nH]c(NC2CCC2)nc2c1CNCC2. The van der Waals surface area contributed by atoms with Gasteiger partial charge in [-0.15, -0.1) is 0 Å². The maximum atomic E-state index is 11.8. The van der Waals surface area contributed by atoms with Crippen molar-refractivity contribution in [2.45, 2.75) is 38.3 Å². The van der Waals surface area contributed by atoms with Crippen LogP contribution in [0.5, 0.6) is 0 Å². The predicted octanol–water partition coefficient (Wildman–Crippen LogP) is 0.380. The molecular formula is C11H16N4O. The lowest BCUT2D eigenvalue weighted by Crippen LogP contribution is -2.34. The van der Waals surface area contributed by atoms with Crippen LogP contribution in [0.1, 0.15) is 30.5 Å². The van der Waals surface area contributed by atoms with Gasteiger partial charge in [-0.1, -0.05) is 0 Å². The molecule has 0 amide bonds. The average Bonchev–Trinajstić information content (AvgIpc) is 2.24. The van der Waals surface area contributed by atoms with E-state index in [1.165, 1.54) is 19.3 Å². The third-order valence-corrected chi connectivity index (χ3v) is 3.39. The van der Waals surface area contributed by atoms with Gasteiger partial charge in [-0.25, -0.2) is 4.98 Å². The molecule has 1 fully saturated rings. The van der Waals surface area contributed by atoms with Crippen LogP contribution in [0.25, 0.3) is 0 Å². The van der Waals surface area contributed by atoms with Crippen molar-refractivity contribution in [1.29, 1.82) is 0 Å². The van der Waals surface area contributed by atoms with Crippen molar-refractivity contribution < 1.29 is 0 Å². The predicted molar refractivity (Wildman–Crippen MR) is 61.5 cm³/mol. The lowest BCUT2D eigenvalue weighted by Gasteiger charge is -2.27. The Morgan fingerprint density at radius 3 is 3.00 bits per heavy atom. The van der Waals surface area contributed by atoms with E-state index in [-0.39, 0.29) is 5.56 Å². The fourth-order valence-corrected chi connectivity index (χ4v) is 2.17. The molecule has 2 heterocycles. The zero-order valence-electron chi connectivity index (χ0n) is 9.18. The van der Waals surface area contributed by atoms with Gasteiger partial charge in [-0.3, -0.25) is 9.78 Å². The van der Waals surface area contributed by atoms with E-state index in [1.54, 1.807) is 0 Å². The zero-order valence-corrected chi connectivity index (χ0v) is 9.18. The quantitative estimate of drug-likeness (QED) is 0.674. The number of anilines is 1. The van der Waals surface area contributed by atoms with Crippen LogP contribution in [0, 0.1) is 0 Å². The average molecular weight is 220 g/mol. The first kappa shape index (κ1) is 9.84. The van der Waals surface area contributed by atoms with Crippen LogP contribution in [0.15, 0.2) is 4.79 Å². The lowest BCUT2D eigenvalue weighted by atomic mass is 9.93. The smallest absolute Gasteiger partial charge is 0.257 e. The number of aromatic amines is 1. The van der Waals surface area contributed by atoms with Crippen LogP contribution in [0.4, 0.5) is 5.95 Å². The number of hydrogen-bond acceptors (Lipinski definition) is 4. The Balaban J connectivity index is 1.88. The molecule has 86 valence electrons. The number of aromatic nitrogens is 2. The largest absolute Gasteiger partial charge is 0.353 e. The van der Waals surface area contributed by atoms with Crippen LogP contribution in [0.2, 0.25) is 0 Å². The monoisotopic (exact) mass is 220 g/mol. The van der Waals surface area contributed by atoms with Crippen LogP contribution in [-0.4, -0.2) is 22.6 Å². The number of nitrogens with one attached hydrogen (secondary N) is 3. The summed E-state index contributed by atoms with van der Waals surface area (Å²) >= 11 is 0. The molecule has 1 aromatic rings. The van der Waals surface area contributed by atoms with Gasteiger partial charge in [0.2, 0.25) is 5.95 Å². The van der Waals surface area contributed by atoms with Crippen molar-refractivity contribution in [3.63, 3.8) is 0 Å². The summed E-state index contributed by atoms with van der Waals surface area (Å²) in [6.07, 6.45) is 4.49. The number of nitrogens with zero attached hydrogens (tertiary/aromatic N) is 1. The summed E-state index contributed by atoms with van der Waals surface area (Å²) in [6.45, 7) is 1.55. The summed E-state index contributed by atoms with van der Waals surface area (Å²) in [4.78, 5) is 19.1. The lowest BCUT2D eigenvalue weighted by molar-refractivity contribution is 0.442. The minimum Gasteiger partial charge on any atom is -0.353 e. The van der Waals surface area contributed by atoms with Crippen LogP contribution in [0.3, 0.4) is 0 Å². The fourth-order valence-electron chi connectivity index (χ4n) is 2.17. The summed E-state index contributed by atoms with van der Waals surface area (Å²) in [5.74, 6) is 0.648. The van der Waals surface area contributed by atoms with E-state index < -0.39 is 0 Å². The molecule has 1 aliphatic carbocycles. The van der Waals surface area contributed by atoms with Crippen LogP contribution >= 0.6 is 0 Å². The van der Waals surface area contributed by atoms with Gasteiger partial charge < -0.3 is 10.6 Å². The summed E-state index contributed by atoms with van der Waals surface area (Å²) in [6, 6.07) is 0.503. The normalized spacial score (nSPS) is 20.0. The van der Waals surface area contributed by atoms with Gasteiger partial charge in [-0.05, 0) is 19.3 Å². The van der Waals surface area contributed by atoms with Gasteiger partial charge in [0.15, 0.2) is 0 Å². The van der Waals surface area contributed by atoms with Gasteiger partial charge in [0.25, 0.3) is 5.56 Å². The summed E-state index contributed by atoms with van der Waals surface area (Å²) in [7, 11) is 0. The Morgan fingerprint density at radius 1 is 1.38 bits per heavy atom. The Labute approximate surface area is 93.7 Å². The van der Waals surface area contributed by atoms with Crippen molar-refractivity contribution >= 4 is 5.95 Å². The first-order valence-electron chi connectivity index (χ1n) is 5.92. The molecule has 0 radical (unpaired) electrons. The van der Waals surface area contributed by atoms with E-state index in [0.29, 0.717) is 18.5 Å². The van der Waals surface area contributed by atoms with E-state index in [4.69, 9.17) is 0 Å². The van der Waals surface area contributed by atoms with Crippen molar-refractivity contribution in [3.8, 4) is 0 Å². The second kappa shape index (κ2) is 3.90. The van der Waals surface area contributed by atoms with E-state index in [9.17, 15) is 4.79 Å². The Bertz CT molecular complexity index is 450.